The molecule has 0 aliphatic carbocycles. The Hall–Kier alpha value is -0.960. The summed E-state index contributed by atoms with van der Waals surface area (Å²) in [5, 5.41) is 0. The van der Waals surface area contributed by atoms with Gasteiger partial charge in [0, 0.05) is 23.9 Å². The molecule has 1 aromatic rings. The standard InChI is InChI=1S/C7H7ClFNO/c1-11-7-3-5(9)2-6(4-7)10-8/h2-4,10H,1H3. The van der Waals surface area contributed by atoms with Crippen molar-refractivity contribution >= 4 is 17.5 Å². The summed E-state index contributed by atoms with van der Waals surface area (Å²) in [5.74, 6) is 0.0562. The van der Waals surface area contributed by atoms with Gasteiger partial charge in [0.15, 0.2) is 0 Å². The van der Waals surface area contributed by atoms with Gasteiger partial charge >= 0.3 is 0 Å². The van der Waals surface area contributed by atoms with E-state index < -0.39 is 0 Å². The Morgan fingerprint density at radius 2 is 2.18 bits per heavy atom. The third kappa shape index (κ3) is 1.98. The summed E-state index contributed by atoms with van der Waals surface area (Å²) in [7, 11) is 1.47. The van der Waals surface area contributed by atoms with Gasteiger partial charge in [-0.25, -0.2) is 4.39 Å². The third-order valence-corrected chi connectivity index (χ3v) is 1.43. The van der Waals surface area contributed by atoms with Gasteiger partial charge in [-0.05, 0) is 6.07 Å². The van der Waals surface area contributed by atoms with Gasteiger partial charge < -0.3 is 4.74 Å². The summed E-state index contributed by atoms with van der Waals surface area (Å²) in [4.78, 5) is 2.29. The van der Waals surface area contributed by atoms with Crippen molar-refractivity contribution in [1.82, 2.24) is 0 Å². The Kier molecular flexibility index (Phi) is 2.54. The molecule has 0 fully saturated rings. The Morgan fingerprint density at radius 1 is 1.45 bits per heavy atom. The highest BCUT2D eigenvalue weighted by Gasteiger charge is 1.98. The largest absolute Gasteiger partial charge is 0.497 e. The van der Waals surface area contributed by atoms with Gasteiger partial charge in [0.1, 0.15) is 11.6 Å². The Balaban J connectivity index is 3.02. The first-order valence-corrected chi connectivity index (χ1v) is 3.35. The molecule has 0 heterocycles. The molecule has 0 aromatic heterocycles. The zero-order chi connectivity index (χ0) is 8.27. The van der Waals surface area contributed by atoms with E-state index in [2.05, 4.69) is 4.84 Å². The maximum absolute atomic E-state index is 12.6. The predicted octanol–water partition coefficient (Wildman–Crippen LogP) is 2.40. The lowest BCUT2D eigenvalue weighted by atomic mass is 10.3. The monoisotopic (exact) mass is 175 g/mol. The molecular weight excluding hydrogens is 169 g/mol. The van der Waals surface area contributed by atoms with Crippen LogP contribution in [0.2, 0.25) is 0 Å². The normalized spacial score (nSPS) is 9.36. The van der Waals surface area contributed by atoms with E-state index in [1.54, 1.807) is 6.07 Å². The van der Waals surface area contributed by atoms with Crippen LogP contribution in [0, 0.1) is 5.82 Å². The van der Waals surface area contributed by atoms with Gasteiger partial charge in [-0.1, -0.05) is 0 Å². The van der Waals surface area contributed by atoms with E-state index in [1.807, 2.05) is 0 Å². The number of ether oxygens (including phenoxy) is 1. The van der Waals surface area contributed by atoms with E-state index >= 15 is 0 Å². The number of methoxy groups -OCH3 is 1. The highest BCUT2D eigenvalue weighted by atomic mass is 35.5. The van der Waals surface area contributed by atoms with Crippen molar-refractivity contribution in [2.75, 3.05) is 11.9 Å². The van der Waals surface area contributed by atoms with Gasteiger partial charge in [-0.15, -0.1) is 0 Å². The lowest BCUT2D eigenvalue weighted by Crippen LogP contribution is -1.87. The highest BCUT2D eigenvalue weighted by molar-refractivity contribution is 6.23. The van der Waals surface area contributed by atoms with Crippen LogP contribution >= 0.6 is 11.8 Å². The summed E-state index contributed by atoms with van der Waals surface area (Å²) < 4.78 is 17.4. The highest BCUT2D eigenvalue weighted by Crippen LogP contribution is 2.19. The van der Waals surface area contributed by atoms with Crippen molar-refractivity contribution in [3.63, 3.8) is 0 Å². The second kappa shape index (κ2) is 3.44. The molecule has 4 heteroatoms. The summed E-state index contributed by atoms with van der Waals surface area (Å²) >= 11 is 5.26. The van der Waals surface area contributed by atoms with Crippen LogP contribution in [0.4, 0.5) is 10.1 Å². The van der Waals surface area contributed by atoms with E-state index in [0.717, 1.165) is 0 Å². The summed E-state index contributed by atoms with van der Waals surface area (Å²) in [5.41, 5.74) is 0.475. The van der Waals surface area contributed by atoms with Crippen LogP contribution in [0.1, 0.15) is 0 Å². The maximum atomic E-state index is 12.6. The van der Waals surface area contributed by atoms with Crippen molar-refractivity contribution in [1.29, 1.82) is 0 Å². The molecule has 0 spiro atoms. The van der Waals surface area contributed by atoms with Crippen LogP contribution in [0.5, 0.6) is 5.75 Å². The smallest absolute Gasteiger partial charge is 0.128 e. The minimum atomic E-state index is -0.382. The molecule has 1 N–H and O–H groups in total. The van der Waals surface area contributed by atoms with Crippen LogP contribution in [0.25, 0.3) is 0 Å². The topological polar surface area (TPSA) is 21.3 Å². The molecule has 1 aromatic carbocycles. The molecule has 0 radical (unpaired) electrons. The van der Waals surface area contributed by atoms with Crippen molar-refractivity contribution < 1.29 is 9.13 Å². The lowest BCUT2D eigenvalue weighted by Gasteiger charge is -2.02. The number of hydrogen-bond acceptors (Lipinski definition) is 2. The second-order valence-corrected chi connectivity index (χ2v) is 2.16. The lowest BCUT2D eigenvalue weighted by molar-refractivity contribution is 0.411. The van der Waals surface area contributed by atoms with Gasteiger partial charge in [-0.3, -0.25) is 4.84 Å². The fourth-order valence-corrected chi connectivity index (χ4v) is 0.844. The zero-order valence-corrected chi connectivity index (χ0v) is 6.65. The molecule has 60 valence electrons. The molecular formula is C7H7ClFNO. The number of nitrogens with one attached hydrogen (secondary N) is 1. The van der Waals surface area contributed by atoms with E-state index in [9.17, 15) is 4.39 Å². The molecule has 0 saturated heterocycles. The minimum Gasteiger partial charge on any atom is -0.497 e. The first kappa shape index (κ1) is 8.14. The van der Waals surface area contributed by atoms with E-state index in [4.69, 9.17) is 16.5 Å². The molecule has 0 amide bonds. The molecule has 2 nitrogen and oxygen atoms in total. The molecule has 1 rings (SSSR count). The van der Waals surface area contributed by atoms with Crippen LogP contribution in [0.15, 0.2) is 18.2 Å². The third-order valence-electron chi connectivity index (χ3n) is 1.22. The molecule has 0 aliphatic rings. The van der Waals surface area contributed by atoms with Crippen LogP contribution in [0.3, 0.4) is 0 Å². The molecule has 0 bridgehead atoms. The number of hydrogen-bond donors (Lipinski definition) is 1. The van der Waals surface area contributed by atoms with Crippen molar-refractivity contribution in [2.45, 2.75) is 0 Å². The van der Waals surface area contributed by atoms with Crippen molar-refractivity contribution in [3.05, 3.63) is 24.0 Å². The molecule has 0 unspecified atom stereocenters. The van der Waals surface area contributed by atoms with Gasteiger partial charge in [0.2, 0.25) is 0 Å². The van der Waals surface area contributed by atoms with Gasteiger partial charge in [0.25, 0.3) is 0 Å². The molecule has 0 atom stereocenters. The number of rotatable bonds is 2. The Labute approximate surface area is 69.0 Å². The van der Waals surface area contributed by atoms with Crippen LogP contribution in [-0.2, 0) is 0 Å². The summed E-state index contributed by atoms with van der Waals surface area (Å²) in [6.07, 6.45) is 0. The van der Waals surface area contributed by atoms with Gasteiger partial charge in [-0.2, -0.15) is 0 Å². The Bertz CT molecular complexity index is 232. The summed E-state index contributed by atoms with van der Waals surface area (Å²) in [6, 6.07) is 4.14. The van der Waals surface area contributed by atoms with Crippen LogP contribution < -0.4 is 9.57 Å². The average molecular weight is 176 g/mol. The van der Waals surface area contributed by atoms with Crippen molar-refractivity contribution in [2.24, 2.45) is 0 Å². The fourth-order valence-electron chi connectivity index (χ4n) is 0.735. The summed E-state index contributed by atoms with van der Waals surface area (Å²) in [6.45, 7) is 0. The first-order chi connectivity index (χ1) is 5.26. The van der Waals surface area contributed by atoms with E-state index in [1.165, 1.54) is 19.2 Å². The first-order valence-electron chi connectivity index (χ1n) is 2.97. The van der Waals surface area contributed by atoms with E-state index in [0.29, 0.717) is 11.4 Å². The number of halogens is 2. The zero-order valence-electron chi connectivity index (χ0n) is 5.90. The fraction of sp³-hybridized carbons (Fsp3) is 0.143. The van der Waals surface area contributed by atoms with Crippen molar-refractivity contribution in [3.8, 4) is 5.75 Å². The predicted molar refractivity (Wildman–Crippen MR) is 42.4 cm³/mol. The number of anilines is 1. The Morgan fingerprint density at radius 3 is 2.73 bits per heavy atom. The van der Waals surface area contributed by atoms with Gasteiger partial charge in [0.05, 0.1) is 12.8 Å². The molecule has 0 aliphatic heterocycles. The average Bonchev–Trinajstić information content (AvgIpc) is 2.03. The minimum absolute atomic E-state index is 0.382. The molecule has 11 heavy (non-hydrogen) atoms. The van der Waals surface area contributed by atoms with E-state index in [-0.39, 0.29) is 5.82 Å². The van der Waals surface area contributed by atoms with Crippen LogP contribution in [-0.4, -0.2) is 7.11 Å². The molecule has 0 saturated carbocycles. The number of benzene rings is 1. The second-order valence-electron chi connectivity index (χ2n) is 1.97. The quantitative estimate of drug-likeness (QED) is 0.697. The SMILES string of the molecule is COc1cc(F)cc(NCl)c1. The maximum Gasteiger partial charge on any atom is 0.128 e.